The van der Waals surface area contributed by atoms with Crippen molar-refractivity contribution in [2.75, 3.05) is 0 Å². The summed E-state index contributed by atoms with van der Waals surface area (Å²) in [5.74, 6) is 0.204. The highest BCUT2D eigenvalue weighted by Gasteiger charge is 2.10. The van der Waals surface area contributed by atoms with Gasteiger partial charge in [-0.15, -0.1) is 0 Å². The Morgan fingerprint density at radius 2 is 2.05 bits per heavy atom. The first-order valence-electron chi connectivity index (χ1n) is 6.38. The van der Waals surface area contributed by atoms with Crippen molar-refractivity contribution in [2.24, 2.45) is 7.05 Å². The second kappa shape index (κ2) is 5.61. The molecule has 0 spiro atoms. The molecule has 1 aromatic carbocycles. The SMILES string of the molecule is Cn1cc(-c2cc(Cl)nc(Cc3ccccc3F)n2)cn1. The van der Waals surface area contributed by atoms with Crippen molar-refractivity contribution >= 4 is 11.6 Å². The number of halogens is 2. The molecule has 4 nitrogen and oxygen atoms in total. The van der Waals surface area contributed by atoms with Gasteiger partial charge in [-0.2, -0.15) is 5.10 Å². The molecule has 0 bridgehead atoms. The van der Waals surface area contributed by atoms with Gasteiger partial charge in [0.1, 0.15) is 16.8 Å². The lowest BCUT2D eigenvalue weighted by atomic mass is 10.1. The van der Waals surface area contributed by atoms with Crippen LogP contribution in [0.5, 0.6) is 0 Å². The molecule has 21 heavy (non-hydrogen) atoms. The molecule has 0 amide bonds. The molecule has 0 atom stereocenters. The van der Waals surface area contributed by atoms with Gasteiger partial charge >= 0.3 is 0 Å². The summed E-state index contributed by atoms with van der Waals surface area (Å²) in [6.07, 6.45) is 3.83. The van der Waals surface area contributed by atoms with Gasteiger partial charge < -0.3 is 0 Å². The van der Waals surface area contributed by atoms with Gasteiger partial charge in [0.05, 0.1) is 11.9 Å². The molecule has 0 aliphatic rings. The largest absolute Gasteiger partial charge is 0.275 e. The number of nitrogens with zero attached hydrogens (tertiary/aromatic N) is 4. The molecule has 0 aliphatic heterocycles. The fourth-order valence-corrected chi connectivity index (χ4v) is 2.26. The second-order valence-electron chi connectivity index (χ2n) is 4.66. The van der Waals surface area contributed by atoms with Gasteiger partial charge in [-0.3, -0.25) is 4.68 Å². The highest BCUT2D eigenvalue weighted by Crippen LogP contribution is 2.20. The molecule has 0 fully saturated rings. The average molecular weight is 303 g/mol. The van der Waals surface area contributed by atoms with Crippen molar-refractivity contribution in [2.45, 2.75) is 6.42 Å². The molecule has 6 heteroatoms. The Labute approximate surface area is 126 Å². The quantitative estimate of drug-likeness (QED) is 0.698. The van der Waals surface area contributed by atoms with Crippen molar-refractivity contribution in [1.82, 2.24) is 19.7 Å². The van der Waals surface area contributed by atoms with E-state index in [4.69, 9.17) is 11.6 Å². The van der Waals surface area contributed by atoms with Crippen LogP contribution in [0.25, 0.3) is 11.3 Å². The van der Waals surface area contributed by atoms with Crippen LogP contribution in [0.2, 0.25) is 5.15 Å². The van der Waals surface area contributed by atoms with Gasteiger partial charge in [0, 0.05) is 31.3 Å². The molecule has 2 aromatic heterocycles. The van der Waals surface area contributed by atoms with Crippen molar-refractivity contribution in [3.63, 3.8) is 0 Å². The number of benzene rings is 1. The smallest absolute Gasteiger partial charge is 0.135 e. The van der Waals surface area contributed by atoms with E-state index in [9.17, 15) is 4.39 Å². The lowest BCUT2D eigenvalue weighted by Crippen LogP contribution is -2.00. The van der Waals surface area contributed by atoms with E-state index in [-0.39, 0.29) is 5.82 Å². The van der Waals surface area contributed by atoms with Crippen LogP contribution in [0.4, 0.5) is 4.39 Å². The number of aryl methyl sites for hydroxylation is 1. The molecule has 0 aliphatic carbocycles. The Morgan fingerprint density at radius 3 is 2.76 bits per heavy atom. The zero-order valence-electron chi connectivity index (χ0n) is 11.3. The van der Waals surface area contributed by atoms with Crippen LogP contribution in [0.15, 0.2) is 42.7 Å². The summed E-state index contributed by atoms with van der Waals surface area (Å²) in [5.41, 5.74) is 2.06. The maximum Gasteiger partial charge on any atom is 0.135 e. The van der Waals surface area contributed by atoms with Crippen LogP contribution in [0.1, 0.15) is 11.4 Å². The van der Waals surface area contributed by atoms with Crippen LogP contribution < -0.4 is 0 Å². The Morgan fingerprint density at radius 1 is 1.24 bits per heavy atom. The molecule has 3 aromatic rings. The van der Waals surface area contributed by atoms with Gasteiger partial charge in [0.25, 0.3) is 0 Å². The summed E-state index contributed by atoms with van der Waals surface area (Å²) in [6.45, 7) is 0. The predicted molar refractivity (Wildman–Crippen MR) is 78.5 cm³/mol. The zero-order valence-corrected chi connectivity index (χ0v) is 12.0. The molecule has 3 rings (SSSR count). The van der Waals surface area contributed by atoms with E-state index in [1.54, 1.807) is 35.1 Å². The van der Waals surface area contributed by atoms with E-state index in [0.717, 1.165) is 5.56 Å². The van der Waals surface area contributed by atoms with E-state index in [2.05, 4.69) is 15.1 Å². The van der Waals surface area contributed by atoms with Gasteiger partial charge in [-0.25, -0.2) is 14.4 Å². The third-order valence-corrected chi connectivity index (χ3v) is 3.24. The molecule has 0 saturated heterocycles. The van der Waals surface area contributed by atoms with Crippen molar-refractivity contribution < 1.29 is 4.39 Å². The zero-order chi connectivity index (χ0) is 14.8. The minimum Gasteiger partial charge on any atom is -0.275 e. The topological polar surface area (TPSA) is 43.6 Å². The van der Waals surface area contributed by atoms with Gasteiger partial charge in [0.2, 0.25) is 0 Å². The summed E-state index contributed by atoms with van der Waals surface area (Å²) in [4.78, 5) is 8.60. The molecular formula is C15H12ClFN4. The average Bonchev–Trinajstić information content (AvgIpc) is 2.88. The maximum atomic E-state index is 13.7. The molecule has 0 N–H and O–H groups in total. The minimum atomic E-state index is -0.274. The summed E-state index contributed by atoms with van der Waals surface area (Å²) in [6, 6.07) is 8.23. The number of rotatable bonds is 3. The summed E-state index contributed by atoms with van der Waals surface area (Å²) < 4.78 is 15.4. The fourth-order valence-electron chi connectivity index (χ4n) is 2.06. The summed E-state index contributed by atoms with van der Waals surface area (Å²) in [7, 11) is 1.83. The Kier molecular flexibility index (Phi) is 3.66. The van der Waals surface area contributed by atoms with Crippen molar-refractivity contribution in [3.05, 3.63) is 65.1 Å². The normalized spacial score (nSPS) is 10.8. The first kappa shape index (κ1) is 13.7. The van der Waals surface area contributed by atoms with E-state index in [1.165, 1.54) is 6.07 Å². The van der Waals surface area contributed by atoms with Crippen molar-refractivity contribution in [1.29, 1.82) is 0 Å². The number of hydrogen-bond donors (Lipinski definition) is 0. The highest BCUT2D eigenvalue weighted by atomic mass is 35.5. The monoisotopic (exact) mass is 302 g/mol. The Hall–Kier alpha value is -2.27. The van der Waals surface area contributed by atoms with E-state index in [0.29, 0.717) is 28.7 Å². The Balaban J connectivity index is 1.97. The van der Waals surface area contributed by atoms with Crippen LogP contribution in [0.3, 0.4) is 0 Å². The lowest BCUT2D eigenvalue weighted by molar-refractivity contribution is 0.612. The highest BCUT2D eigenvalue weighted by molar-refractivity contribution is 6.29. The van der Waals surface area contributed by atoms with Gasteiger partial charge in [0.15, 0.2) is 0 Å². The molecule has 0 radical (unpaired) electrons. The van der Waals surface area contributed by atoms with Gasteiger partial charge in [-0.1, -0.05) is 29.8 Å². The second-order valence-corrected chi connectivity index (χ2v) is 5.05. The standard InChI is InChI=1S/C15H12ClFN4/c1-21-9-11(8-18-21)13-7-14(16)20-15(19-13)6-10-4-2-3-5-12(10)17/h2-5,7-9H,6H2,1H3. The number of aromatic nitrogens is 4. The third kappa shape index (κ3) is 3.08. The molecule has 0 unspecified atom stereocenters. The molecule has 0 saturated carbocycles. The summed E-state index contributed by atoms with van der Waals surface area (Å²) in [5, 5.41) is 4.43. The van der Waals surface area contributed by atoms with E-state index >= 15 is 0 Å². The summed E-state index contributed by atoms with van der Waals surface area (Å²) >= 11 is 6.04. The molecular weight excluding hydrogens is 291 g/mol. The lowest BCUT2D eigenvalue weighted by Gasteiger charge is -2.05. The molecule has 106 valence electrons. The van der Waals surface area contributed by atoms with Crippen LogP contribution in [-0.2, 0) is 13.5 Å². The fraction of sp³-hybridized carbons (Fsp3) is 0.133. The first-order valence-corrected chi connectivity index (χ1v) is 6.75. The van der Waals surface area contributed by atoms with Crippen molar-refractivity contribution in [3.8, 4) is 11.3 Å². The predicted octanol–water partition coefficient (Wildman–Crippen LogP) is 3.26. The van der Waals surface area contributed by atoms with Gasteiger partial charge in [-0.05, 0) is 11.6 Å². The van der Waals surface area contributed by atoms with Crippen LogP contribution >= 0.6 is 11.6 Å². The van der Waals surface area contributed by atoms with E-state index < -0.39 is 0 Å². The van der Waals surface area contributed by atoms with Crippen LogP contribution in [0, 0.1) is 5.82 Å². The third-order valence-electron chi connectivity index (χ3n) is 3.05. The maximum absolute atomic E-state index is 13.7. The Bertz CT molecular complexity index is 785. The number of hydrogen-bond acceptors (Lipinski definition) is 3. The van der Waals surface area contributed by atoms with Crippen LogP contribution in [-0.4, -0.2) is 19.7 Å². The first-order chi connectivity index (χ1) is 10.1. The van der Waals surface area contributed by atoms with E-state index in [1.807, 2.05) is 13.2 Å². The molecule has 2 heterocycles. The minimum absolute atomic E-state index is 0.274.